The molecular formula is C16H22N4O4S. The zero-order valence-electron chi connectivity index (χ0n) is 14.3. The molecule has 2 aromatic rings. The Balaban J connectivity index is 1.87. The maximum atomic E-state index is 12.7. The first-order valence-electron chi connectivity index (χ1n) is 8.26. The normalized spacial score (nSPS) is 14.6. The van der Waals surface area contributed by atoms with Crippen LogP contribution in [0.25, 0.3) is 11.4 Å². The third kappa shape index (κ3) is 3.93. The molecule has 25 heavy (non-hydrogen) atoms. The molecule has 1 aliphatic rings. The smallest absolute Gasteiger partial charge is 0.346 e. The average molecular weight is 366 g/mol. The Labute approximate surface area is 146 Å². The van der Waals surface area contributed by atoms with E-state index < -0.39 is 10.0 Å². The second-order valence-corrected chi connectivity index (χ2v) is 8.05. The third-order valence-corrected chi connectivity index (χ3v) is 5.56. The number of hydrogen-bond acceptors (Lipinski definition) is 5. The summed E-state index contributed by atoms with van der Waals surface area (Å²) >= 11 is 0. The van der Waals surface area contributed by atoms with Crippen LogP contribution in [0, 0.1) is 0 Å². The van der Waals surface area contributed by atoms with Crippen molar-refractivity contribution in [1.29, 1.82) is 0 Å². The Morgan fingerprint density at radius 3 is 2.52 bits per heavy atom. The minimum Gasteiger partial charge on any atom is -0.497 e. The molecule has 0 saturated heterocycles. The van der Waals surface area contributed by atoms with Crippen molar-refractivity contribution in [2.24, 2.45) is 0 Å². The van der Waals surface area contributed by atoms with Crippen molar-refractivity contribution >= 4 is 10.0 Å². The monoisotopic (exact) mass is 366 g/mol. The van der Waals surface area contributed by atoms with Crippen LogP contribution in [-0.2, 0) is 16.6 Å². The van der Waals surface area contributed by atoms with E-state index in [4.69, 9.17) is 4.74 Å². The number of nitrogens with zero attached hydrogens (tertiary/aromatic N) is 3. The Bertz CT molecular complexity index is 895. The fourth-order valence-corrected chi connectivity index (χ4v) is 3.18. The first kappa shape index (κ1) is 17.7. The van der Waals surface area contributed by atoms with Crippen molar-refractivity contribution in [3.05, 3.63) is 34.7 Å². The molecule has 136 valence electrons. The summed E-state index contributed by atoms with van der Waals surface area (Å²) in [5, 5.41) is 4.43. The van der Waals surface area contributed by atoms with Crippen molar-refractivity contribution in [1.82, 2.24) is 19.1 Å². The van der Waals surface area contributed by atoms with Gasteiger partial charge in [-0.15, -0.1) is 5.10 Å². The van der Waals surface area contributed by atoms with Crippen LogP contribution < -0.4 is 15.1 Å². The van der Waals surface area contributed by atoms with Crippen molar-refractivity contribution in [3.8, 4) is 17.1 Å². The first-order valence-corrected chi connectivity index (χ1v) is 9.91. The van der Waals surface area contributed by atoms with E-state index in [-0.39, 0.29) is 30.6 Å². The fourth-order valence-electron chi connectivity index (χ4n) is 2.57. The van der Waals surface area contributed by atoms with E-state index in [9.17, 15) is 13.2 Å². The van der Waals surface area contributed by atoms with Crippen LogP contribution in [0.15, 0.2) is 29.1 Å². The van der Waals surface area contributed by atoms with Crippen LogP contribution in [0.1, 0.15) is 25.8 Å². The molecule has 0 unspecified atom stereocenters. The second kappa shape index (κ2) is 7.01. The molecule has 1 saturated carbocycles. The van der Waals surface area contributed by atoms with Gasteiger partial charge in [-0.1, -0.05) is 0 Å². The van der Waals surface area contributed by atoms with Gasteiger partial charge in [-0.2, -0.15) is 0 Å². The summed E-state index contributed by atoms with van der Waals surface area (Å²) in [5.74, 6) is 1.35. The highest BCUT2D eigenvalue weighted by Crippen LogP contribution is 2.36. The minimum atomic E-state index is -3.28. The molecule has 0 radical (unpaired) electrons. The van der Waals surface area contributed by atoms with Crippen LogP contribution in [0.5, 0.6) is 5.75 Å². The SMILES string of the molecule is CCS(=O)(=O)NCCn1nc(-c2ccc(OC)cc2)n(C2CC2)c1=O. The zero-order valence-corrected chi connectivity index (χ0v) is 15.1. The number of nitrogens with one attached hydrogen (secondary N) is 1. The highest BCUT2D eigenvalue weighted by atomic mass is 32.2. The minimum absolute atomic E-state index is 0.00944. The predicted molar refractivity (Wildman–Crippen MR) is 94.2 cm³/mol. The molecule has 0 atom stereocenters. The fraction of sp³-hybridized carbons (Fsp3) is 0.500. The molecule has 1 fully saturated rings. The van der Waals surface area contributed by atoms with Crippen LogP contribution in [0.3, 0.4) is 0 Å². The lowest BCUT2D eigenvalue weighted by Crippen LogP contribution is -2.32. The van der Waals surface area contributed by atoms with Crippen molar-refractivity contribution in [2.75, 3.05) is 19.4 Å². The first-order chi connectivity index (χ1) is 11.9. The van der Waals surface area contributed by atoms with Gasteiger partial charge in [0, 0.05) is 18.2 Å². The van der Waals surface area contributed by atoms with Crippen LogP contribution in [-0.4, -0.2) is 42.2 Å². The largest absolute Gasteiger partial charge is 0.497 e. The summed E-state index contributed by atoms with van der Waals surface area (Å²) in [6, 6.07) is 7.55. The Morgan fingerprint density at radius 2 is 1.96 bits per heavy atom. The lowest BCUT2D eigenvalue weighted by atomic mass is 10.2. The maximum Gasteiger partial charge on any atom is 0.346 e. The molecule has 8 nitrogen and oxygen atoms in total. The molecule has 3 rings (SSSR count). The topological polar surface area (TPSA) is 95.2 Å². The third-order valence-electron chi connectivity index (χ3n) is 4.16. The quantitative estimate of drug-likeness (QED) is 0.752. The van der Waals surface area contributed by atoms with Gasteiger partial charge < -0.3 is 4.74 Å². The van der Waals surface area contributed by atoms with Crippen molar-refractivity contribution < 1.29 is 13.2 Å². The number of rotatable bonds is 8. The van der Waals surface area contributed by atoms with Crippen molar-refractivity contribution in [3.63, 3.8) is 0 Å². The van der Waals surface area contributed by atoms with Crippen LogP contribution in [0.4, 0.5) is 0 Å². The van der Waals surface area contributed by atoms with Gasteiger partial charge in [0.1, 0.15) is 5.75 Å². The van der Waals surface area contributed by atoms with E-state index in [1.54, 1.807) is 18.6 Å². The van der Waals surface area contributed by atoms with Gasteiger partial charge in [0.2, 0.25) is 10.0 Å². The number of methoxy groups -OCH3 is 1. The summed E-state index contributed by atoms with van der Waals surface area (Å²) < 4.78 is 33.7. The van der Waals surface area contributed by atoms with Gasteiger partial charge in [0.15, 0.2) is 5.82 Å². The van der Waals surface area contributed by atoms with Gasteiger partial charge >= 0.3 is 5.69 Å². The summed E-state index contributed by atoms with van der Waals surface area (Å²) in [7, 11) is -1.69. The summed E-state index contributed by atoms with van der Waals surface area (Å²) in [6.45, 7) is 1.90. The molecule has 1 aliphatic carbocycles. The maximum absolute atomic E-state index is 12.7. The average Bonchev–Trinajstić information content (AvgIpc) is 3.40. The molecule has 0 aliphatic heterocycles. The molecule has 9 heteroatoms. The standard InChI is InChI=1S/C16H22N4O4S/c1-3-25(22,23)17-10-11-19-16(21)20(13-6-7-13)15(18-19)12-4-8-14(24-2)9-5-12/h4-5,8-9,13,17H,3,6-7,10-11H2,1-2H3. The van der Waals surface area contributed by atoms with E-state index in [0.29, 0.717) is 5.82 Å². The van der Waals surface area contributed by atoms with Gasteiger partial charge in [-0.05, 0) is 44.0 Å². The summed E-state index contributed by atoms with van der Waals surface area (Å²) in [4.78, 5) is 12.7. The van der Waals surface area contributed by atoms with Gasteiger partial charge in [0.05, 0.1) is 19.4 Å². The molecule has 0 bridgehead atoms. The molecule has 1 N–H and O–H groups in total. The number of ether oxygens (including phenoxy) is 1. The number of sulfonamides is 1. The van der Waals surface area contributed by atoms with Gasteiger partial charge in [-0.3, -0.25) is 4.57 Å². The molecule has 0 amide bonds. The Hall–Kier alpha value is -2.13. The number of benzene rings is 1. The van der Waals surface area contributed by atoms with Gasteiger partial charge in [-0.25, -0.2) is 22.6 Å². The molecule has 0 spiro atoms. The van der Waals surface area contributed by atoms with E-state index in [1.807, 2.05) is 24.3 Å². The van der Waals surface area contributed by atoms with Crippen molar-refractivity contribution in [2.45, 2.75) is 32.4 Å². The number of aromatic nitrogens is 3. The summed E-state index contributed by atoms with van der Waals surface area (Å²) in [5.41, 5.74) is 0.627. The van der Waals surface area contributed by atoms with E-state index in [1.165, 1.54) is 4.68 Å². The zero-order chi connectivity index (χ0) is 18.0. The molecule has 1 aromatic carbocycles. The highest BCUT2D eigenvalue weighted by molar-refractivity contribution is 7.89. The van der Waals surface area contributed by atoms with Crippen LogP contribution >= 0.6 is 0 Å². The molecule has 1 heterocycles. The van der Waals surface area contributed by atoms with E-state index in [0.717, 1.165) is 24.2 Å². The predicted octanol–water partition coefficient (Wildman–Crippen LogP) is 0.995. The van der Waals surface area contributed by atoms with Gasteiger partial charge in [0.25, 0.3) is 0 Å². The highest BCUT2D eigenvalue weighted by Gasteiger charge is 2.30. The molecule has 1 aromatic heterocycles. The van der Waals surface area contributed by atoms with E-state index >= 15 is 0 Å². The molecular weight excluding hydrogens is 344 g/mol. The van der Waals surface area contributed by atoms with Crippen LogP contribution in [0.2, 0.25) is 0 Å². The second-order valence-electron chi connectivity index (χ2n) is 5.96. The van der Waals surface area contributed by atoms with E-state index in [2.05, 4.69) is 9.82 Å². The number of hydrogen-bond donors (Lipinski definition) is 1. The lowest BCUT2D eigenvalue weighted by molar-refractivity contribution is 0.415. The summed E-state index contributed by atoms with van der Waals surface area (Å²) in [6.07, 6.45) is 1.91. The lowest BCUT2D eigenvalue weighted by Gasteiger charge is -2.04. The Kier molecular flexibility index (Phi) is 4.96. The Morgan fingerprint density at radius 1 is 1.28 bits per heavy atom.